The lowest BCUT2D eigenvalue weighted by molar-refractivity contribution is 0.0601. The highest BCUT2D eigenvalue weighted by Gasteiger charge is 2.12. The summed E-state index contributed by atoms with van der Waals surface area (Å²) in [7, 11) is 1.37. The van der Waals surface area contributed by atoms with Gasteiger partial charge in [-0.15, -0.1) is 0 Å². The smallest absolute Gasteiger partial charge is 0.337 e. The first-order valence-corrected chi connectivity index (χ1v) is 9.15. The van der Waals surface area contributed by atoms with E-state index in [9.17, 15) is 4.79 Å². The van der Waals surface area contributed by atoms with Gasteiger partial charge in [0.2, 0.25) is 0 Å². The molecule has 0 radical (unpaired) electrons. The normalized spacial score (nSPS) is 10.4. The van der Waals surface area contributed by atoms with Crippen LogP contribution < -0.4 is 10.2 Å². The van der Waals surface area contributed by atoms with E-state index in [0.29, 0.717) is 17.2 Å². The van der Waals surface area contributed by atoms with E-state index in [4.69, 9.17) is 4.74 Å². The molecule has 0 aliphatic heterocycles. The molecular formula is C22H24N4O2. The minimum absolute atomic E-state index is 0.358. The van der Waals surface area contributed by atoms with Gasteiger partial charge in [0, 0.05) is 24.0 Å². The fraction of sp³-hybridized carbons (Fsp3) is 0.227. The highest BCUT2D eigenvalue weighted by Crippen LogP contribution is 2.27. The highest BCUT2D eigenvalue weighted by molar-refractivity contribution is 5.89. The van der Waals surface area contributed by atoms with E-state index in [1.165, 1.54) is 12.7 Å². The van der Waals surface area contributed by atoms with Crippen molar-refractivity contribution >= 4 is 29.0 Å². The third-order valence-electron chi connectivity index (χ3n) is 4.31. The Morgan fingerprint density at radius 1 is 1.07 bits per heavy atom. The number of carbonyl (C=O) groups is 1. The van der Waals surface area contributed by atoms with Gasteiger partial charge in [-0.2, -0.15) is 0 Å². The summed E-state index contributed by atoms with van der Waals surface area (Å²) in [6.45, 7) is 6.83. The van der Waals surface area contributed by atoms with Crippen molar-refractivity contribution in [3.63, 3.8) is 0 Å². The molecule has 144 valence electrons. The fourth-order valence-electron chi connectivity index (χ4n) is 2.98. The molecule has 0 amide bonds. The number of hydrogen-bond acceptors (Lipinski definition) is 6. The second-order valence-electron chi connectivity index (χ2n) is 6.44. The molecular weight excluding hydrogens is 352 g/mol. The average molecular weight is 376 g/mol. The van der Waals surface area contributed by atoms with Crippen LogP contribution in [0.1, 0.15) is 28.7 Å². The second-order valence-corrected chi connectivity index (χ2v) is 6.44. The predicted molar refractivity (Wildman–Crippen MR) is 112 cm³/mol. The number of ether oxygens (including phenoxy) is 1. The summed E-state index contributed by atoms with van der Waals surface area (Å²) in [5.41, 5.74) is 3.62. The first-order valence-electron chi connectivity index (χ1n) is 9.15. The molecule has 0 unspecified atom stereocenters. The molecule has 3 aromatic rings. The lowest BCUT2D eigenvalue weighted by Gasteiger charge is -2.23. The monoisotopic (exact) mass is 376 g/mol. The van der Waals surface area contributed by atoms with E-state index in [0.717, 1.165) is 23.7 Å². The van der Waals surface area contributed by atoms with Gasteiger partial charge in [0.05, 0.1) is 12.7 Å². The van der Waals surface area contributed by atoms with Crippen LogP contribution in [0.25, 0.3) is 0 Å². The fourth-order valence-corrected chi connectivity index (χ4v) is 2.98. The van der Waals surface area contributed by atoms with Gasteiger partial charge in [-0.25, -0.2) is 14.8 Å². The molecule has 0 atom stereocenters. The maximum absolute atomic E-state index is 11.6. The van der Waals surface area contributed by atoms with Crippen LogP contribution in [0.4, 0.5) is 23.0 Å². The van der Waals surface area contributed by atoms with Crippen LogP contribution in [0, 0.1) is 13.8 Å². The molecule has 0 saturated heterocycles. The van der Waals surface area contributed by atoms with E-state index in [2.05, 4.69) is 52.2 Å². The largest absolute Gasteiger partial charge is 0.465 e. The molecule has 6 heteroatoms. The maximum atomic E-state index is 11.6. The van der Waals surface area contributed by atoms with Gasteiger partial charge in [0.25, 0.3) is 0 Å². The van der Waals surface area contributed by atoms with Crippen molar-refractivity contribution in [3.05, 3.63) is 71.5 Å². The SMILES string of the molecule is CCN(c1cccc(C)c1)c1cc(Nc2ccc(C(=O)OC)cc2)nc(C)n1. The number of aryl methyl sites for hydroxylation is 2. The molecule has 0 fully saturated rings. The molecule has 1 heterocycles. The number of rotatable bonds is 6. The van der Waals surface area contributed by atoms with E-state index >= 15 is 0 Å². The van der Waals surface area contributed by atoms with Crippen molar-refractivity contribution in [1.29, 1.82) is 0 Å². The zero-order valence-corrected chi connectivity index (χ0v) is 16.6. The van der Waals surface area contributed by atoms with Crippen molar-refractivity contribution in [2.45, 2.75) is 20.8 Å². The Morgan fingerprint density at radius 2 is 1.82 bits per heavy atom. The lowest BCUT2D eigenvalue weighted by Crippen LogP contribution is -2.18. The minimum Gasteiger partial charge on any atom is -0.465 e. The first-order chi connectivity index (χ1) is 13.5. The van der Waals surface area contributed by atoms with Crippen molar-refractivity contribution in [2.24, 2.45) is 0 Å². The van der Waals surface area contributed by atoms with Crippen LogP contribution in [0.3, 0.4) is 0 Å². The van der Waals surface area contributed by atoms with Crippen molar-refractivity contribution in [2.75, 3.05) is 23.9 Å². The summed E-state index contributed by atoms with van der Waals surface area (Å²) in [4.78, 5) is 22.8. The van der Waals surface area contributed by atoms with Crippen LogP contribution in [0.2, 0.25) is 0 Å². The molecule has 1 aromatic heterocycles. The van der Waals surface area contributed by atoms with E-state index < -0.39 is 0 Å². The van der Waals surface area contributed by atoms with Crippen molar-refractivity contribution in [1.82, 2.24) is 9.97 Å². The Kier molecular flexibility index (Phi) is 5.89. The third-order valence-corrected chi connectivity index (χ3v) is 4.31. The number of nitrogens with zero attached hydrogens (tertiary/aromatic N) is 3. The summed E-state index contributed by atoms with van der Waals surface area (Å²) < 4.78 is 4.73. The molecule has 0 aliphatic carbocycles. The third kappa shape index (κ3) is 4.46. The molecule has 28 heavy (non-hydrogen) atoms. The number of carbonyl (C=O) groups excluding carboxylic acids is 1. The Bertz CT molecular complexity index is 971. The molecule has 0 saturated carbocycles. The number of hydrogen-bond donors (Lipinski definition) is 1. The molecule has 1 N–H and O–H groups in total. The first kappa shape index (κ1) is 19.4. The molecule has 0 aliphatic rings. The zero-order valence-electron chi connectivity index (χ0n) is 16.6. The quantitative estimate of drug-likeness (QED) is 0.625. The molecule has 6 nitrogen and oxygen atoms in total. The van der Waals surface area contributed by atoms with Gasteiger partial charge in [-0.05, 0) is 62.7 Å². The zero-order chi connectivity index (χ0) is 20.1. The standard InChI is InChI=1S/C22H24N4O2/c1-5-26(19-8-6-7-15(2)13-19)21-14-20(23-16(3)24-21)25-18-11-9-17(10-12-18)22(27)28-4/h6-14H,5H2,1-4H3,(H,23,24,25). The number of benzene rings is 2. The summed E-state index contributed by atoms with van der Waals surface area (Å²) in [6.07, 6.45) is 0. The number of anilines is 4. The predicted octanol–water partition coefficient (Wildman–Crippen LogP) is 4.78. The summed E-state index contributed by atoms with van der Waals surface area (Å²) in [6, 6.07) is 17.3. The average Bonchev–Trinajstić information content (AvgIpc) is 2.68. The summed E-state index contributed by atoms with van der Waals surface area (Å²) in [5, 5.41) is 3.28. The highest BCUT2D eigenvalue weighted by atomic mass is 16.5. The summed E-state index contributed by atoms with van der Waals surface area (Å²) >= 11 is 0. The number of nitrogens with one attached hydrogen (secondary N) is 1. The Labute approximate surface area is 165 Å². The summed E-state index contributed by atoms with van der Waals surface area (Å²) in [5.74, 6) is 1.84. The van der Waals surface area contributed by atoms with Gasteiger partial charge in [-0.3, -0.25) is 0 Å². The maximum Gasteiger partial charge on any atom is 0.337 e. The Morgan fingerprint density at radius 3 is 2.46 bits per heavy atom. The van der Waals surface area contributed by atoms with Crippen LogP contribution in [-0.4, -0.2) is 29.6 Å². The molecule has 3 rings (SSSR count). The molecule has 0 bridgehead atoms. The second kappa shape index (κ2) is 8.52. The van der Waals surface area contributed by atoms with E-state index in [1.807, 2.05) is 31.2 Å². The van der Waals surface area contributed by atoms with Crippen LogP contribution in [0.15, 0.2) is 54.6 Å². The van der Waals surface area contributed by atoms with Crippen LogP contribution in [0.5, 0.6) is 0 Å². The number of methoxy groups -OCH3 is 1. The van der Waals surface area contributed by atoms with Crippen molar-refractivity contribution in [3.8, 4) is 0 Å². The molecule has 2 aromatic carbocycles. The van der Waals surface area contributed by atoms with Crippen LogP contribution in [-0.2, 0) is 4.74 Å². The Balaban J connectivity index is 1.87. The van der Waals surface area contributed by atoms with E-state index in [-0.39, 0.29) is 5.97 Å². The number of esters is 1. The van der Waals surface area contributed by atoms with Gasteiger partial charge >= 0.3 is 5.97 Å². The van der Waals surface area contributed by atoms with Crippen LogP contribution >= 0.6 is 0 Å². The van der Waals surface area contributed by atoms with Gasteiger partial charge in [0.1, 0.15) is 17.5 Å². The Hall–Kier alpha value is -3.41. The lowest BCUT2D eigenvalue weighted by atomic mass is 10.2. The van der Waals surface area contributed by atoms with Gasteiger partial charge in [-0.1, -0.05) is 12.1 Å². The van der Waals surface area contributed by atoms with Gasteiger partial charge < -0.3 is 15.0 Å². The topological polar surface area (TPSA) is 67.4 Å². The minimum atomic E-state index is -0.358. The van der Waals surface area contributed by atoms with Gasteiger partial charge in [0.15, 0.2) is 0 Å². The van der Waals surface area contributed by atoms with Crippen molar-refractivity contribution < 1.29 is 9.53 Å². The van der Waals surface area contributed by atoms with E-state index in [1.54, 1.807) is 12.1 Å². The number of aromatic nitrogens is 2. The molecule has 0 spiro atoms.